The Morgan fingerprint density at radius 2 is 2.12 bits per heavy atom. The second-order valence-electron chi connectivity index (χ2n) is 7.51. The van der Waals surface area contributed by atoms with Crippen LogP contribution < -0.4 is 14.8 Å². The van der Waals surface area contributed by atoms with Gasteiger partial charge in [0.15, 0.2) is 11.5 Å². The van der Waals surface area contributed by atoms with Crippen molar-refractivity contribution in [2.24, 2.45) is 0 Å². The third-order valence-electron chi connectivity index (χ3n) is 5.17. The molecule has 9 heteroatoms. The number of nitrogens with one attached hydrogen (secondary N) is 1. The smallest absolute Gasteiger partial charge is 0.338 e. The van der Waals surface area contributed by atoms with Crippen LogP contribution in [0.25, 0.3) is 0 Å². The number of hydrogen-bond acceptors (Lipinski definition) is 8. The Balaban J connectivity index is 2.02. The average Bonchev–Trinajstić information content (AvgIpc) is 3.21. The predicted octanol–water partition coefficient (Wildman–Crippen LogP) is 4.99. The van der Waals surface area contributed by atoms with E-state index in [0.29, 0.717) is 40.5 Å². The summed E-state index contributed by atoms with van der Waals surface area (Å²) in [5.74, 6) is 2.25. The van der Waals surface area contributed by atoms with Crippen LogP contribution in [0.3, 0.4) is 0 Å². The van der Waals surface area contributed by atoms with Gasteiger partial charge in [0.1, 0.15) is 12.6 Å². The summed E-state index contributed by atoms with van der Waals surface area (Å²) in [5, 5.41) is 8.50. The lowest BCUT2D eigenvalue weighted by atomic mass is 9.95. The number of aromatic nitrogens is 3. The van der Waals surface area contributed by atoms with Crippen molar-refractivity contribution in [3.63, 3.8) is 0 Å². The number of esters is 1. The zero-order valence-electron chi connectivity index (χ0n) is 19.7. The average molecular weight is 473 g/mol. The van der Waals surface area contributed by atoms with Crippen molar-refractivity contribution in [3.8, 4) is 11.5 Å². The summed E-state index contributed by atoms with van der Waals surface area (Å²) in [7, 11) is 1.61. The lowest BCUT2D eigenvalue weighted by Gasteiger charge is -2.28. The Hall–Kier alpha value is -2.94. The zero-order chi connectivity index (χ0) is 23.8. The fourth-order valence-corrected chi connectivity index (χ4v) is 4.17. The normalized spacial score (nSPS) is 15.0. The highest BCUT2D eigenvalue weighted by molar-refractivity contribution is 7.99. The highest BCUT2D eigenvalue weighted by Gasteiger charge is 2.35. The molecule has 0 radical (unpaired) electrons. The van der Waals surface area contributed by atoms with Crippen LogP contribution in [0.1, 0.15) is 51.6 Å². The molecule has 8 nitrogen and oxygen atoms in total. The van der Waals surface area contributed by atoms with E-state index < -0.39 is 12.0 Å². The van der Waals surface area contributed by atoms with Crippen LogP contribution in [-0.4, -0.2) is 46.8 Å². The quantitative estimate of drug-likeness (QED) is 0.200. The van der Waals surface area contributed by atoms with Crippen molar-refractivity contribution in [1.82, 2.24) is 14.8 Å². The number of carbonyl (C=O) groups excluding carboxylic acids is 1. The molecule has 0 aliphatic carbocycles. The molecule has 3 rings (SSSR count). The summed E-state index contributed by atoms with van der Waals surface area (Å²) in [4.78, 5) is 17.6. The third kappa shape index (κ3) is 5.71. The molecule has 1 N–H and O–H groups in total. The summed E-state index contributed by atoms with van der Waals surface area (Å²) in [6.07, 6.45) is 4.77. The van der Waals surface area contributed by atoms with Gasteiger partial charge in [-0.25, -0.2) is 9.48 Å². The van der Waals surface area contributed by atoms with Crippen molar-refractivity contribution < 1.29 is 19.0 Å². The van der Waals surface area contributed by atoms with Gasteiger partial charge in [-0.15, -0.1) is 5.10 Å². The molecule has 1 aromatic heterocycles. The maximum Gasteiger partial charge on any atom is 0.338 e. The minimum Gasteiger partial charge on any atom is -0.493 e. The first kappa shape index (κ1) is 24.7. The van der Waals surface area contributed by atoms with Crippen LogP contribution in [0.15, 0.2) is 47.3 Å². The summed E-state index contributed by atoms with van der Waals surface area (Å²) >= 11 is 1.54. The standard InChI is InChI=1S/C24H32N4O4S/c1-6-9-10-14-31-18-12-11-17(15-19(18)30-5)21-20(22(29)32-13-7-2)16(4)25-23-26-24(33-8-3)27-28(21)23/h7,11-12,15,21H,2,6,8-10,13-14H2,1,3-5H3,(H,25,26,27). The van der Waals surface area contributed by atoms with Gasteiger partial charge >= 0.3 is 5.97 Å². The molecule has 0 amide bonds. The van der Waals surface area contributed by atoms with Gasteiger partial charge in [-0.1, -0.05) is 57.2 Å². The number of rotatable bonds is 12. The molecular formula is C24H32N4O4S. The third-order valence-corrected chi connectivity index (χ3v) is 5.89. The number of fused-ring (bicyclic) bond motifs is 1. The second-order valence-corrected chi connectivity index (χ2v) is 8.75. The molecule has 2 heterocycles. The van der Waals surface area contributed by atoms with E-state index in [9.17, 15) is 4.79 Å². The lowest BCUT2D eigenvalue weighted by molar-refractivity contribution is -0.138. The van der Waals surface area contributed by atoms with Crippen LogP contribution in [0, 0.1) is 0 Å². The Morgan fingerprint density at radius 3 is 2.82 bits per heavy atom. The number of hydrogen-bond donors (Lipinski definition) is 1. The number of thioether (sulfide) groups is 1. The van der Waals surface area contributed by atoms with Crippen molar-refractivity contribution in [1.29, 1.82) is 0 Å². The Labute approximate surface area is 199 Å². The highest BCUT2D eigenvalue weighted by atomic mass is 32.2. The minimum atomic E-state index is -0.527. The molecule has 2 aromatic rings. The number of anilines is 1. The van der Waals surface area contributed by atoms with E-state index in [1.165, 1.54) is 11.8 Å². The monoisotopic (exact) mass is 472 g/mol. The predicted molar refractivity (Wildman–Crippen MR) is 130 cm³/mol. The molecule has 0 saturated carbocycles. The number of carbonyl (C=O) groups is 1. The van der Waals surface area contributed by atoms with Crippen molar-refractivity contribution >= 4 is 23.7 Å². The minimum absolute atomic E-state index is 0.122. The van der Waals surface area contributed by atoms with Gasteiger partial charge in [0.25, 0.3) is 0 Å². The van der Waals surface area contributed by atoms with Crippen molar-refractivity contribution in [2.45, 2.75) is 51.2 Å². The van der Waals surface area contributed by atoms with Crippen LogP contribution >= 0.6 is 11.8 Å². The summed E-state index contributed by atoms with van der Waals surface area (Å²) in [6, 6.07) is 5.17. The van der Waals surface area contributed by atoms with Gasteiger partial charge in [0.2, 0.25) is 11.1 Å². The maximum absolute atomic E-state index is 13.0. The molecular weight excluding hydrogens is 440 g/mol. The Kier molecular flexibility index (Phi) is 8.82. The number of allylic oxidation sites excluding steroid dienone is 1. The fraction of sp³-hybridized carbons (Fsp3) is 0.458. The molecule has 1 unspecified atom stereocenters. The highest BCUT2D eigenvalue weighted by Crippen LogP contribution is 2.39. The summed E-state index contributed by atoms with van der Waals surface area (Å²) < 4.78 is 18.7. The first-order valence-electron chi connectivity index (χ1n) is 11.2. The largest absolute Gasteiger partial charge is 0.493 e. The van der Waals surface area contributed by atoms with Crippen LogP contribution in [-0.2, 0) is 9.53 Å². The first-order chi connectivity index (χ1) is 16.0. The van der Waals surface area contributed by atoms with Crippen LogP contribution in [0.5, 0.6) is 11.5 Å². The zero-order valence-corrected chi connectivity index (χ0v) is 20.5. The van der Waals surface area contributed by atoms with Gasteiger partial charge in [0.05, 0.1) is 19.3 Å². The molecule has 1 atom stereocenters. The van der Waals surface area contributed by atoms with Gasteiger partial charge in [-0.3, -0.25) is 0 Å². The number of methoxy groups -OCH3 is 1. The number of ether oxygens (including phenoxy) is 3. The van der Waals surface area contributed by atoms with E-state index in [0.717, 1.165) is 30.6 Å². The van der Waals surface area contributed by atoms with E-state index in [4.69, 9.17) is 14.2 Å². The summed E-state index contributed by atoms with van der Waals surface area (Å²) in [6.45, 7) is 10.4. The topological polar surface area (TPSA) is 87.5 Å². The molecule has 1 aliphatic rings. The second kappa shape index (κ2) is 11.8. The van der Waals surface area contributed by atoms with Gasteiger partial charge in [-0.05, 0) is 36.8 Å². The van der Waals surface area contributed by atoms with Gasteiger partial charge in [-0.2, -0.15) is 4.98 Å². The Bertz CT molecular complexity index is 1020. The molecule has 1 aliphatic heterocycles. The van der Waals surface area contributed by atoms with E-state index in [2.05, 4.69) is 28.9 Å². The van der Waals surface area contributed by atoms with Crippen molar-refractivity contribution in [3.05, 3.63) is 47.7 Å². The van der Waals surface area contributed by atoms with E-state index in [1.54, 1.807) is 17.9 Å². The molecule has 0 saturated heterocycles. The van der Waals surface area contributed by atoms with Gasteiger partial charge in [0, 0.05) is 5.70 Å². The number of benzene rings is 1. The molecule has 0 spiro atoms. The Morgan fingerprint density at radius 1 is 1.30 bits per heavy atom. The van der Waals surface area contributed by atoms with Crippen molar-refractivity contribution in [2.75, 3.05) is 31.4 Å². The van der Waals surface area contributed by atoms with Gasteiger partial charge < -0.3 is 19.5 Å². The van der Waals surface area contributed by atoms with E-state index in [1.807, 2.05) is 32.0 Å². The summed E-state index contributed by atoms with van der Waals surface area (Å²) in [5.41, 5.74) is 1.94. The molecule has 33 heavy (non-hydrogen) atoms. The lowest BCUT2D eigenvalue weighted by Crippen LogP contribution is -2.29. The van der Waals surface area contributed by atoms with Crippen LogP contribution in [0.2, 0.25) is 0 Å². The molecule has 0 bridgehead atoms. The molecule has 178 valence electrons. The van der Waals surface area contributed by atoms with E-state index in [-0.39, 0.29) is 6.61 Å². The SMILES string of the molecule is C=CCOC(=O)C1=C(C)Nc2nc(SCC)nn2C1c1ccc(OCCCCC)c(OC)c1. The number of nitrogens with zero attached hydrogens (tertiary/aromatic N) is 3. The van der Waals surface area contributed by atoms with E-state index >= 15 is 0 Å². The number of unbranched alkanes of at least 4 members (excludes halogenated alkanes) is 2. The first-order valence-corrected chi connectivity index (χ1v) is 12.2. The molecule has 0 fully saturated rings. The van der Waals surface area contributed by atoms with Crippen LogP contribution in [0.4, 0.5) is 5.95 Å². The maximum atomic E-state index is 13.0. The molecule has 1 aromatic carbocycles. The fourth-order valence-electron chi connectivity index (χ4n) is 3.61.